The van der Waals surface area contributed by atoms with Gasteiger partial charge >= 0.3 is 0 Å². The zero-order valence-electron chi connectivity index (χ0n) is 19.1. The van der Waals surface area contributed by atoms with Crippen LogP contribution in [0.1, 0.15) is 12.8 Å². The smallest absolute Gasteiger partial charge is 0.186 e. The summed E-state index contributed by atoms with van der Waals surface area (Å²) in [6, 6.07) is 7.84. The van der Waals surface area contributed by atoms with Gasteiger partial charge in [0.15, 0.2) is 21.9 Å². The maximum atomic E-state index is 15.8. The molecule has 5 rings (SSSR count). The molecule has 0 aliphatic carbocycles. The maximum Gasteiger partial charge on any atom is 0.186 e. The number of nitrogens with zero attached hydrogens (tertiary/aromatic N) is 3. The third-order valence-electron chi connectivity index (χ3n) is 5.92. The SMILES string of the molecule is O=S(Nc1ccc(F)c(-c2nc(N3CCC(O)CC3)sc2-c2ccncc2)c1F)c1cc(F)ccc1F. The largest absolute Gasteiger partial charge is 0.393 e. The summed E-state index contributed by atoms with van der Waals surface area (Å²) in [5, 5.41) is 10.4. The van der Waals surface area contributed by atoms with Gasteiger partial charge in [-0.2, -0.15) is 0 Å². The molecule has 2 aromatic heterocycles. The van der Waals surface area contributed by atoms with Gasteiger partial charge in [-0.3, -0.25) is 9.71 Å². The zero-order valence-corrected chi connectivity index (χ0v) is 20.8. The summed E-state index contributed by atoms with van der Waals surface area (Å²) >= 11 is 1.25. The van der Waals surface area contributed by atoms with Crippen molar-refractivity contribution in [2.45, 2.75) is 23.8 Å². The van der Waals surface area contributed by atoms with Crippen molar-refractivity contribution in [1.82, 2.24) is 9.97 Å². The molecule has 0 amide bonds. The molecule has 37 heavy (non-hydrogen) atoms. The van der Waals surface area contributed by atoms with Gasteiger partial charge in [-0.25, -0.2) is 26.8 Å². The van der Waals surface area contributed by atoms with Crippen LogP contribution in [0.2, 0.25) is 0 Å². The maximum absolute atomic E-state index is 15.8. The lowest BCUT2D eigenvalue weighted by atomic mass is 10.1. The normalized spacial score (nSPS) is 15.1. The van der Waals surface area contributed by atoms with E-state index in [0.717, 1.165) is 30.3 Å². The molecule has 1 aliphatic rings. The fraction of sp³-hybridized carbons (Fsp3) is 0.200. The van der Waals surface area contributed by atoms with Gasteiger partial charge in [0.1, 0.15) is 17.5 Å². The first-order valence-corrected chi connectivity index (χ1v) is 13.2. The first-order valence-electron chi connectivity index (χ1n) is 11.3. The average molecular weight is 549 g/mol. The number of benzene rings is 2. The molecule has 2 aromatic carbocycles. The molecule has 0 spiro atoms. The van der Waals surface area contributed by atoms with Crippen LogP contribution in [0.3, 0.4) is 0 Å². The molecule has 4 aromatic rings. The van der Waals surface area contributed by atoms with E-state index in [1.165, 1.54) is 11.3 Å². The minimum atomic E-state index is -2.37. The van der Waals surface area contributed by atoms with Gasteiger partial charge in [-0.1, -0.05) is 11.3 Å². The third kappa shape index (κ3) is 5.22. The van der Waals surface area contributed by atoms with Crippen molar-refractivity contribution in [2.24, 2.45) is 0 Å². The van der Waals surface area contributed by atoms with Crippen LogP contribution in [0.5, 0.6) is 0 Å². The Labute approximate surface area is 216 Å². The van der Waals surface area contributed by atoms with Gasteiger partial charge in [0.2, 0.25) is 0 Å². The number of nitrogens with one attached hydrogen (secondary N) is 1. The highest BCUT2D eigenvalue weighted by molar-refractivity contribution is 7.86. The summed E-state index contributed by atoms with van der Waals surface area (Å²) in [5.41, 5.74) is -0.130. The summed E-state index contributed by atoms with van der Waals surface area (Å²) in [7, 11) is -2.37. The predicted octanol–water partition coefficient (Wildman–Crippen LogP) is 5.52. The summed E-state index contributed by atoms with van der Waals surface area (Å²) in [5.74, 6) is -3.72. The fourth-order valence-electron chi connectivity index (χ4n) is 3.99. The van der Waals surface area contributed by atoms with Crippen LogP contribution >= 0.6 is 11.3 Å². The van der Waals surface area contributed by atoms with E-state index in [1.807, 2.05) is 4.90 Å². The molecular weight excluding hydrogens is 528 g/mol. The number of halogens is 4. The molecule has 2 N–H and O–H groups in total. The highest BCUT2D eigenvalue weighted by Crippen LogP contribution is 2.43. The molecule has 1 fully saturated rings. The summed E-state index contributed by atoms with van der Waals surface area (Å²) in [6.07, 6.45) is 3.79. The first kappa shape index (κ1) is 25.3. The van der Waals surface area contributed by atoms with Crippen molar-refractivity contribution in [1.29, 1.82) is 0 Å². The lowest BCUT2D eigenvalue weighted by Gasteiger charge is -2.29. The van der Waals surface area contributed by atoms with Crippen molar-refractivity contribution >= 4 is 33.1 Å². The highest BCUT2D eigenvalue weighted by Gasteiger charge is 2.27. The van der Waals surface area contributed by atoms with Gasteiger partial charge in [0.25, 0.3) is 0 Å². The van der Waals surface area contributed by atoms with Crippen LogP contribution in [0.25, 0.3) is 21.7 Å². The van der Waals surface area contributed by atoms with Crippen LogP contribution < -0.4 is 9.62 Å². The Kier molecular flexibility index (Phi) is 7.22. The van der Waals surface area contributed by atoms with Crippen molar-refractivity contribution in [3.05, 3.63) is 78.1 Å². The number of piperidine rings is 1. The quantitative estimate of drug-likeness (QED) is 0.310. The lowest BCUT2D eigenvalue weighted by Crippen LogP contribution is -2.35. The minimum absolute atomic E-state index is 0.0405. The molecule has 0 saturated carbocycles. The Bertz CT molecular complexity index is 1460. The van der Waals surface area contributed by atoms with E-state index < -0.39 is 50.8 Å². The standard InChI is InChI=1S/C25H20F4N4O2S2/c26-15-1-2-17(27)20(13-15)37(35)32-19-4-3-18(28)21(22(19)29)23-24(14-5-9-30-10-6-14)36-25(31-23)33-11-7-16(34)8-12-33/h1-6,9-10,13,16,32,34H,7-8,11-12H2. The van der Waals surface area contributed by atoms with Gasteiger partial charge in [-0.15, -0.1) is 0 Å². The number of rotatable bonds is 6. The highest BCUT2D eigenvalue weighted by atomic mass is 32.2. The molecule has 1 aliphatic heterocycles. The van der Waals surface area contributed by atoms with Gasteiger partial charge < -0.3 is 10.0 Å². The van der Waals surface area contributed by atoms with E-state index in [-0.39, 0.29) is 11.4 Å². The first-order chi connectivity index (χ1) is 17.8. The number of anilines is 2. The molecule has 12 heteroatoms. The molecule has 0 bridgehead atoms. The van der Waals surface area contributed by atoms with Crippen molar-refractivity contribution < 1.29 is 26.9 Å². The van der Waals surface area contributed by atoms with Crippen molar-refractivity contribution in [3.63, 3.8) is 0 Å². The number of pyridine rings is 1. The second-order valence-corrected chi connectivity index (χ2v) is 10.5. The molecule has 0 radical (unpaired) electrons. The molecule has 3 heterocycles. The van der Waals surface area contributed by atoms with Crippen molar-refractivity contribution in [2.75, 3.05) is 22.7 Å². The molecule has 6 nitrogen and oxygen atoms in total. The molecule has 1 unspecified atom stereocenters. The number of aromatic nitrogens is 2. The third-order valence-corrected chi connectivity index (χ3v) is 8.20. The number of hydrogen-bond donors (Lipinski definition) is 2. The Hall–Kier alpha value is -3.35. The monoisotopic (exact) mass is 548 g/mol. The Balaban J connectivity index is 1.57. The van der Waals surface area contributed by atoms with Crippen molar-refractivity contribution in [3.8, 4) is 21.7 Å². The molecule has 1 atom stereocenters. The van der Waals surface area contributed by atoms with E-state index in [0.29, 0.717) is 41.5 Å². The molecule has 1 saturated heterocycles. The minimum Gasteiger partial charge on any atom is -0.393 e. The van der Waals surface area contributed by atoms with E-state index >= 15 is 8.78 Å². The van der Waals surface area contributed by atoms with E-state index in [1.54, 1.807) is 24.5 Å². The Morgan fingerprint density at radius 3 is 2.43 bits per heavy atom. The Morgan fingerprint density at radius 2 is 1.70 bits per heavy atom. The van der Waals surface area contributed by atoms with Crippen LogP contribution in [-0.4, -0.2) is 38.5 Å². The predicted molar refractivity (Wildman–Crippen MR) is 135 cm³/mol. The van der Waals surface area contributed by atoms with Crippen LogP contribution in [0.15, 0.2) is 59.8 Å². The van der Waals surface area contributed by atoms with Gasteiger partial charge in [0.05, 0.1) is 32.8 Å². The van der Waals surface area contributed by atoms with Crippen LogP contribution in [0, 0.1) is 23.3 Å². The fourth-order valence-corrected chi connectivity index (χ4v) is 6.05. The topological polar surface area (TPSA) is 78.4 Å². The van der Waals surface area contributed by atoms with E-state index in [9.17, 15) is 18.1 Å². The average Bonchev–Trinajstić information content (AvgIpc) is 3.33. The molecular formula is C25H20F4N4O2S2. The Morgan fingerprint density at radius 1 is 1.00 bits per heavy atom. The lowest BCUT2D eigenvalue weighted by molar-refractivity contribution is 0.145. The number of thiazole rings is 1. The number of aliphatic hydroxyl groups is 1. The second-order valence-electron chi connectivity index (χ2n) is 8.36. The summed E-state index contributed by atoms with van der Waals surface area (Å²) < 4.78 is 73.6. The van der Waals surface area contributed by atoms with Crippen LogP contribution in [0.4, 0.5) is 28.4 Å². The van der Waals surface area contributed by atoms with Gasteiger partial charge in [0, 0.05) is 25.5 Å². The number of aliphatic hydroxyl groups excluding tert-OH is 1. The zero-order chi connectivity index (χ0) is 26.1. The molecule has 192 valence electrons. The second kappa shape index (κ2) is 10.6. The summed E-state index contributed by atoms with van der Waals surface area (Å²) in [4.78, 5) is 10.5. The van der Waals surface area contributed by atoms with E-state index in [4.69, 9.17) is 0 Å². The van der Waals surface area contributed by atoms with E-state index in [2.05, 4.69) is 14.7 Å². The van der Waals surface area contributed by atoms with Crippen LogP contribution in [-0.2, 0) is 11.0 Å². The summed E-state index contributed by atoms with van der Waals surface area (Å²) in [6.45, 7) is 1.07. The van der Waals surface area contributed by atoms with Gasteiger partial charge in [-0.05, 0) is 60.9 Å². The number of hydrogen-bond acceptors (Lipinski definition) is 6.